The van der Waals surface area contributed by atoms with Crippen LogP contribution in [0, 0.1) is 11.8 Å². The van der Waals surface area contributed by atoms with E-state index in [0.29, 0.717) is 31.6 Å². The summed E-state index contributed by atoms with van der Waals surface area (Å²) >= 11 is 0. The van der Waals surface area contributed by atoms with E-state index >= 15 is 0 Å². The molecule has 19 heteroatoms. The molecule has 0 saturated carbocycles. The number of hydrogen-bond donors (Lipinski definition) is 3. The fourth-order valence-electron chi connectivity index (χ4n) is 10.6. The number of esters is 4. The Hall–Kier alpha value is -1.94. The van der Waals surface area contributed by atoms with Crippen molar-refractivity contribution in [2.24, 2.45) is 11.8 Å². The molecule has 17 nitrogen and oxygen atoms in total. The Labute approximate surface area is 543 Å². The van der Waals surface area contributed by atoms with Crippen LogP contribution in [0.4, 0.5) is 0 Å². The number of carbonyl (C=O) groups is 4. The molecule has 0 radical (unpaired) electrons. The number of aliphatic hydroxyl groups excluding tert-OH is 1. The maximum absolute atomic E-state index is 13.0. The van der Waals surface area contributed by atoms with Gasteiger partial charge in [0.15, 0.2) is 12.2 Å². The van der Waals surface area contributed by atoms with Crippen molar-refractivity contribution >= 4 is 39.5 Å². The van der Waals surface area contributed by atoms with Crippen LogP contribution in [0.2, 0.25) is 0 Å². The van der Waals surface area contributed by atoms with Crippen molar-refractivity contribution in [3.05, 3.63) is 0 Å². The second-order valence-corrected chi connectivity index (χ2v) is 29.1. The molecule has 0 spiro atoms. The second-order valence-electron chi connectivity index (χ2n) is 26.2. The number of phosphoric acid groups is 2. The third kappa shape index (κ3) is 64.6. The molecule has 0 amide bonds. The molecule has 5 atom stereocenters. The van der Waals surface area contributed by atoms with Crippen molar-refractivity contribution in [1.29, 1.82) is 0 Å². The highest BCUT2D eigenvalue weighted by Gasteiger charge is 2.30. The van der Waals surface area contributed by atoms with E-state index in [-0.39, 0.29) is 25.7 Å². The fraction of sp³-hybridized carbons (Fsp3) is 0.943. The van der Waals surface area contributed by atoms with Crippen LogP contribution in [0.5, 0.6) is 0 Å². The predicted molar refractivity (Wildman–Crippen MR) is 358 cm³/mol. The van der Waals surface area contributed by atoms with E-state index in [1.165, 1.54) is 167 Å². The van der Waals surface area contributed by atoms with Crippen LogP contribution in [0.15, 0.2) is 0 Å². The highest BCUT2D eigenvalue weighted by molar-refractivity contribution is 7.47. The van der Waals surface area contributed by atoms with E-state index in [9.17, 15) is 43.2 Å². The number of aliphatic hydroxyl groups is 1. The first-order valence-corrected chi connectivity index (χ1v) is 39.5. The molecule has 0 bridgehead atoms. The van der Waals surface area contributed by atoms with Gasteiger partial charge < -0.3 is 33.8 Å². The normalized spacial score (nSPS) is 14.1. The summed E-state index contributed by atoms with van der Waals surface area (Å²) < 4.78 is 68.2. The van der Waals surface area contributed by atoms with Gasteiger partial charge in [0.05, 0.1) is 26.4 Å². The predicted octanol–water partition coefficient (Wildman–Crippen LogP) is 20.0. The molecule has 0 saturated heterocycles. The molecule has 0 aromatic carbocycles. The number of hydrogen-bond acceptors (Lipinski definition) is 15. The highest BCUT2D eigenvalue weighted by atomic mass is 31.2. The van der Waals surface area contributed by atoms with Gasteiger partial charge in [-0.2, -0.15) is 0 Å². The number of phosphoric ester groups is 2. The molecule has 0 aliphatic rings. The van der Waals surface area contributed by atoms with E-state index in [4.69, 9.17) is 37.0 Å². The average molecular weight is 1310 g/mol. The molecule has 2 unspecified atom stereocenters. The summed E-state index contributed by atoms with van der Waals surface area (Å²) in [5, 5.41) is 10.6. The minimum Gasteiger partial charge on any atom is -0.462 e. The van der Waals surface area contributed by atoms with Gasteiger partial charge in [-0.25, -0.2) is 9.13 Å². The standard InChI is InChI=1S/C70H136O17P2/c1-7-9-11-13-15-17-19-26-29-33-40-46-52-67(72)80-58-65(86-70(75)55-49-43-35-31-27-23-21-20-22-25-28-32-38-44-50-62(3)4)60-84-88(76,77)82-56-64(71)57-83-89(78,79)85-61-66(59-81-68(73)53-47-41-37-36-39-45-51-63(5)6)87-69(74)54-48-42-34-30-24-18-16-14-12-10-8-2/h62-66,71H,7-61H2,1-6H3,(H,76,77)(H,78,79)/t64-,65-,66-/m1/s1. The maximum Gasteiger partial charge on any atom is 0.472 e. The molecule has 0 rings (SSSR count). The van der Waals surface area contributed by atoms with Gasteiger partial charge in [0.1, 0.15) is 19.3 Å². The summed E-state index contributed by atoms with van der Waals surface area (Å²) in [6.45, 7) is 9.48. The summed E-state index contributed by atoms with van der Waals surface area (Å²) in [7, 11) is -9.90. The van der Waals surface area contributed by atoms with E-state index in [0.717, 1.165) is 102 Å². The summed E-state index contributed by atoms with van der Waals surface area (Å²) in [5.41, 5.74) is 0. The van der Waals surface area contributed by atoms with Crippen LogP contribution in [-0.2, 0) is 65.4 Å². The SMILES string of the molecule is CCCCCCCCCCCCCCC(=O)OC[C@H](COP(=O)(O)OC[C@@H](O)COP(=O)(O)OC[C@@H](COC(=O)CCCCCCCCC(C)C)OC(=O)CCCCCCCCCCCCC)OC(=O)CCCCCCCCCCCCCCCCC(C)C. The van der Waals surface area contributed by atoms with Gasteiger partial charge in [-0.15, -0.1) is 0 Å². The van der Waals surface area contributed by atoms with Crippen LogP contribution in [0.1, 0.15) is 356 Å². The van der Waals surface area contributed by atoms with E-state index in [1.54, 1.807) is 0 Å². The van der Waals surface area contributed by atoms with Gasteiger partial charge in [0, 0.05) is 25.7 Å². The first-order chi connectivity index (χ1) is 42.9. The number of unbranched alkanes of at least 4 members (excludes halogenated alkanes) is 39. The van der Waals surface area contributed by atoms with Crippen molar-refractivity contribution in [2.75, 3.05) is 39.6 Å². The molecular formula is C70H136O17P2. The lowest BCUT2D eigenvalue weighted by Gasteiger charge is -2.21. The van der Waals surface area contributed by atoms with Crippen molar-refractivity contribution in [1.82, 2.24) is 0 Å². The van der Waals surface area contributed by atoms with E-state index in [1.807, 2.05) is 0 Å². The Kier molecular flexibility index (Phi) is 60.8. The van der Waals surface area contributed by atoms with Crippen LogP contribution in [0.25, 0.3) is 0 Å². The fourth-order valence-corrected chi connectivity index (χ4v) is 12.2. The van der Waals surface area contributed by atoms with E-state index in [2.05, 4.69) is 41.5 Å². The number of carbonyl (C=O) groups excluding carboxylic acids is 4. The Morgan fingerprint density at radius 2 is 0.517 bits per heavy atom. The minimum atomic E-state index is -4.95. The Balaban J connectivity index is 5.22. The lowest BCUT2D eigenvalue weighted by Crippen LogP contribution is -2.30. The van der Waals surface area contributed by atoms with Gasteiger partial charge in [0.2, 0.25) is 0 Å². The zero-order chi connectivity index (χ0) is 65.7. The van der Waals surface area contributed by atoms with Crippen LogP contribution < -0.4 is 0 Å². The molecule has 0 aromatic rings. The minimum absolute atomic E-state index is 0.106. The van der Waals surface area contributed by atoms with Gasteiger partial charge in [-0.1, -0.05) is 305 Å². The van der Waals surface area contributed by atoms with Crippen molar-refractivity contribution in [2.45, 2.75) is 374 Å². The van der Waals surface area contributed by atoms with Gasteiger partial charge in [0.25, 0.3) is 0 Å². The second kappa shape index (κ2) is 62.2. The van der Waals surface area contributed by atoms with Crippen molar-refractivity contribution in [3.63, 3.8) is 0 Å². The zero-order valence-corrected chi connectivity index (χ0v) is 59.5. The average Bonchev–Trinajstić information content (AvgIpc) is 3.68. The third-order valence-corrected chi connectivity index (χ3v) is 18.1. The largest absolute Gasteiger partial charge is 0.472 e. The number of rotatable bonds is 69. The molecular weight excluding hydrogens is 1170 g/mol. The Morgan fingerprint density at radius 1 is 0.303 bits per heavy atom. The highest BCUT2D eigenvalue weighted by Crippen LogP contribution is 2.45. The molecule has 528 valence electrons. The lowest BCUT2D eigenvalue weighted by molar-refractivity contribution is -0.161. The third-order valence-electron chi connectivity index (χ3n) is 16.2. The van der Waals surface area contributed by atoms with Crippen LogP contribution in [0.3, 0.4) is 0 Å². The Bertz CT molecular complexity index is 1730. The molecule has 0 aliphatic heterocycles. The van der Waals surface area contributed by atoms with Crippen LogP contribution in [-0.4, -0.2) is 96.7 Å². The molecule has 0 heterocycles. The molecule has 0 fully saturated rings. The van der Waals surface area contributed by atoms with Gasteiger partial charge >= 0.3 is 39.5 Å². The smallest absolute Gasteiger partial charge is 0.462 e. The van der Waals surface area contributed by atoms with E-state index < -0.39 is 97.5 Å². The topological polar surface area (TPSA) is 237 Å². The summed E-state index contributed by atoms with van der Waals surface area (Å²) in [6.07, 6.45) is 47.2. The monoisotopic (exact) mass is 1310 g/mol. The number of ether oxygens (including phenoxy) is 4. The Morgan fingerprint density at radius 3 is 0.764 bits per heavy atom. The van der Waals surface area contributed by atoms with Crippen molar-refractivity contribution < 1.29 is 80.2 Å². The van der Waals surface area contributed by atoms with Crippen molar-refractivity contribution in [3.8, 4) is 0 Å². The maximum atomic E-state index is 13.0. The zero-order valence-electron chi connectivity index (χ0n) is 57.7. The lowest BCUT2D eigenvalue weighted by atomic mass is 10.0. The summed E-state index contributed by atoms with van der Waals surface area (Å²) in [6, 6.07) is 0. The molecule has 0 aliphatic carbocycles. The van der Waals surface area contributed by atoms with Crippen LogP contribution >= 0.6 is 15.6 Å². The quantitative estimate of drug-likeness (QED) is 0.0222. The molecule has 3 N–H and O–H groups in total. The molecule has 0 aromatic heterocycles. The first kappa shape index (κ1) is 87.1. The van der Waals surface area contributed by atoms with Gasteiger partial charge in [-0.3, -0.25) is 37.3 Å². The molecule has 89 heavy (non-hydrogen) atoms. The summed E-state index contributed by atoms with van der Waals surface area (Å²) in [5.74, 6) is -0.650. The summed E-state index contributed by atoms with van der Waals surface area (Å²) in [4.78, 5) is 72.5. The first-order valence-electron chi connectivity index (χ1n) is 36.5. The van der Waals surface area contributed by atoms with Gasteiger partial charge in [-0.05, 0) is 37.5 Å².